The Bertz CT molecular complexity index is 545. The average Bonchev–Trinajstić information content (AvgIpc) is 2.87. The molecule has 1 aromatic heterocycles. The summed E-state index contributed by atoms with van der Waals surface area (Å²) in [5, 5.41) is 3.18. The molecule has 0 spiro atoms. The maximum atomic E-state index is 13.1. The molecule has 0 bridgehead atoms. The van der Waals surface area contributed by atoms with Crippen LogP contribution in [0.3, 0.4) is 0 Å². The fourth-order valence-corrected chi connectivity index (χ4v) is 1.72. The molecule has 0 radical (unpaired) electrons. The van der Waals surface area contributed by atoms with Gasteiger partial charge in [0.2, 0.25) is 5.89 Å². The van der Waals surface area contributed by atoms with Gasteiger partial charge in [-0.25, -0.2) is 9.37 Å². The van der Waals surface area contributed by atoms with Crippen molar-refractivity contribution in [3.8, 4) is 11.3 Å². The molecule has 0 fully saturated rings. The number of aromatic nitrogens is 1. The van der Waals surface area contributed by atoms with Gasteiger partial charge in [0.25, 0.3) is 0 Å². The van der Waals surface area contributed by atoms with Gasteiger partial charge in [0.1, 0.15) is 5.82 Å². The van der Waals surface area contributed by atoms with Crippen LogP contribution in [0.2, 0.25) is 5.02 Å². The number of benzene rings is 1. The Morgan fingerprint density at radius 1 is 1.47 bits per heavy atom. The molecule has 1 N–H and O–H groups in total. The molecule has 6 heteroatoms. The van der Waals surface area contributed by atoms with Crippen molar-refractivity contribution in [2.75, 3.05) is 20.3 Å². The Balaban J connectivity index is 2.01. The van der Waals surface area contributed by atoms with Gasteiger partial charge in [-0.15, -0.1) is 0 Å². The highest BCUT2D eigenvalue weighted by Gasteiger charge is 2.08. The number of rotatable bonds is 6. The van der Waals surface area contributed by atoms with Crippen molar-refractivity contribution in [3.63, 3.8) is 0 Å². The summed E-state index contributed by atoms with van der Waals surface area (Å²) in [6, 6.07) is 4.42. The zero-order valence-electron chi connectivity index (χ0n) is 10.5. The van der Waals surface area contributed by atoms with E-state index in [1.165, 1.54) is 12.1 Å². The highest BCUT2D eigenvalue weighted by atomic mass is 35.5. The highest BCUT2D eigenvalue weighted by molar-refractivity contribution is 6.31. The van der Waals surface area contributed by atoms with Crippen LogP contribution < -0.4 is 5.32 Å². The Labute approximate surface area is 115 Å². The van der Waals surface area contributed by atoms with E-state index < -0.39 is 5.82 Å². The lowest BCUT2D eigenvalue weighted by Crippen LogP contribution is -2.18. The highest BCUT2D eigenvalue weighted by Crippen LogP contribution is 2.25. The lowest BCUT2D eigenvalue weighted by Gasteiger charge is -2.00. The van der Waals surface area contributed by atoms with Crippen molar-refractivity contribution in [3.05, 3.63) is 41.1 Å². The van der Waals surface area contributed by atoms with E-state index in [4.69, 9.17) is 20.8 Å². The van der Waals surface area contributed by atoms with Crippen molar-refractivity contribution in [2.24, 2.45) is 0 Å². The number of hydrogen-bond donors (Lipinski definition) is 1. The molecule has 0 aliphatic rings. The van der Waals surface area contributed by atoms with Crippen LogP contribution in [0.25, 0.3) is 11.3 Å². The molecule has 0 atom stereocenters. The fourth-order valence-electron chi connectivity index (χ4n) is 1.54. The summed E-state index contributed by atoms with van der Waals surface area (Å²) >= 11 is 5.73. The molecule has 1 aromatic carbocycles. The lowest BCUT2D eigenvalue weighted by molar-refractivity contribution is 0.198. The molecule has 19 heavy (non-hydrogen) atoms. The van der Waals surface area contributed by atoms with Crippen molar-refractivity contribution < 1.29 is 13.5 Å². The van der Waals surface area contributed by atoms with Gasteiger partial charge in [-0.1, -0.05) is 11.6 Å². The van der Waals surface area contributed by atoms with E-state index >= 15 is 0 Å². The third kappa shape index (κ3) is 3.76. The van der Waals surface area contributed by atoms with Crippen LogP contribution in [0.4, 0.5) is 4.39 Å². The van der Waals surface area contributed by atoms with Gasteiger partial charge in [0, 0.05) is 19.2 Å². The van der Waals surface area contributed by atoms with E-state index in [1.54, 1.807) is 19.4 Å². The van der Waals surface area contributed by atoms with Crippen molar-refractivity contribution in [1.29, 1.82) is 0 Å². The predicted octanol–water partition coefficient (Wildman–Crippen LogP) is 2.87. The molecule has 0 aliphatic heterocycles. The number of oxazole rings is 1. The number of ether oxygens (including phenoxy) is 1. The van der Waals surface area contributed by atoms with Crippen molar-refractivity contribution in [2.45, 2.75) is 6.54 Å². The largest absolute Gasteiger partial charge is 0.439 e. The SMILES string of the molecule is COCCNCc1ncc(-c2ccc(F)c(Cl)c2)o1. The Hall–Kier alpha value is -1.43. The number of nitrogens with one attached hydrogen (secondary N) is 1. The van der Waals surface area contributed by atoms with E-state index in [-0.39, 0.29) is 5.02 Å². The second kappa shape index (κ2) is 6.65. The Morgan fingerprint density at radius 2 is 2.32 bits per heavy atom. The first-order valence-corrected chi connectivity index (χ1v) is 6.18. The lowest BCUT2D eigenvalue weighted by atomic mass is 10.2. The Kier molecular flexibility index (Phi) is 4.90. The molecule has 0 saturated carbocycles. The van der Waals surface area contributed by atoms with Crippen molar-refractivity contribution >= 4 is 11.6 Å². The monoisotopic (exact) mass is 284 g/mol. The second-order valence-electron chi connectivity index (χ2n) is 3.92. The molecule has 0 aliphatic carbocycles. The van der Waals surface area contributed by atoms with E-state index in [1.807, 2.05) is 0 Å². The van der Waals surface area contributed by atoms with Crippen LogP contribution in [0.15, 0.2) is 28.8 Å². The molecule has 2 rings (SSSR count). The minimum absolute atomic E-state index is 0.0636. The second-order valence-corrected chi connectivity index (χ2v) is 4.32. The third-order valence-corrected chi connectivity index (χ3v) is 2.81. The van der Waals surface area contributed by atoms with Gasteiger partial charge in [0.15, 0.2) is 5.76 Å². The fraction of sp³-hybridized carbons (Fsp3) is 0.308. The zero-order chi connectivity index (χ0) is 13.7. The zero-order valence-corrected chi connectivity index (χ0v) is 11.2. The number of methoxy groups -OCH3 is 1. The van der Waals surface area contributed by atoms with Gasteiger partial charge in [-0.05, 0) is 18.2 Å². The quantitative estimate of drug-likeness (QED) is 0.829. The first-order valence-electron chi connectivity index (χ1n) is 5.80. The Morgan fingerprint density at radius 3 is 3.05 bits per heavy atom. The standard InChI is InChI=1S/C13H14ClFN2O2/c1-18-5-4-16-8-13-17-7-12(19-13)9-2-3-11(15)10(14)6-9/h2-3,6-7,16H,4-5,8H2,1H3. The maximum absolute atomic E-state index is 13.1. The predicted molar refractivity (Wildman–Crippen MR) is 70.5 cm³/mol. The van der Waals surface area contributed by atoms with Gasteiger partial charge < -0.3 is 14.5 Å². The molecule has 0 unspecified atom stereocenters. The first-order chi connectivity index (χ1) is 9.20. The van der Waals surface area contributed by atoms with Crippen LogP contribution in [-0.2, 0) is 11.3 Å². The van der Waals surface area contributed by atoms with Crippen LogP contribution in [0.1, 0.15) is 5.89 Å². The topological polar surface area (TPSA) is 47.3 Å². The van der Waals surface area contributed by atoms with E-state index in [0.717, 1.165) is 6.54 Å². The molecule has 2 aromatic rings. The van der Waals surface area contributed by atoms with Crippen LogP contribution in [-0.4, -0.2) is 25.2 Å². The van der Waals surface area contributed by atoms with E-state index in [9.17, 15) is 4.39 Å². The minimum atomic E-state index is -0.452. The molecular formula is C13H14ClFN2O2. The van der Waals surface area contributed by atoms with Gasteiger partial charge in [-0.3, -0.25) is 0 Å². The van der Waals surface area contributed by atoms with E-state index in [2.05, 4.69) is 10.3 Å². The summed E-state index contributed by atoms with van der Waals surface area (Å²) in [5.41, 5.74) is 0.696. The molecule has 4 nitrogen and oxygen atoms in total. The van der Waals surface area contributed by atoms with Crippen molar-refractivity contribution in [1.82, 2.24) is 10.3 Å². The van der Waals surface area contributed by atoms with E-state index in [0.29, 0.717) is 30.4 Å². The number of halogens is 2. The normalized spacial score (nSPS) is 10.9. The first kappa shape index (κ1) is 14.0. The van der Waals surface area contributed by atoms with Crippen LogP contribution in [0, 0.1) is 5.82 Å². The summed E-state index contributed by atoms with van der Waals surface area (Å²) in [6.45, 7) is 1.86. The molecular weight excluding hydrogens is 271 g/mol. The average molecular weight is 285 g/mol. The van der Waals surface area contributed by atoms with Gasteiger partial charge in [-0.2, -0.15) is 0 Å². The molecule has 0 saturated heterocycles. The summed E-state index contributed by atoms with van der Waals surface area (Å²) in [5.74, 6) is 0.670. The number of nitrogens with zero attached hydrogens (tertiary/aromatic N) is 1. The summed E-state index contributed by atoms with van der Waals surface area (Å²) in [4.78, 5) is 4.14. The summed E-state index contributed by atoms with van der Waals surface area (Å²) < 4.78 is 23.5. The van der Waals surface area contributed by atoms with Gasteiger partial charge in [0.05, 0.1) is 24.4 Å². The smallest absolute Gasteiger partial charge is 0.208 e. The molecule has 1 heterocycles. The minimum Gasteiger partial charge on any atom is -0.439 e. The molecule has 0 amide bonds. The van der Waals surface area contributed by atoms with Gasteiger partial charge >= 0.3 is 0 Å². The maximum Gasteiger partial charge on any atom is 0.208 e. The summed E-state index contributed by atoms with van der Waals surface area (Å²) in [7, 11) is 1.64. The number of hydrogen-bond acceptors (Lipinski definition) is 4. The van der Waals surface area contributed by atoms with Crippen LogP contribution in [0.5, 0.6) is 0 Å². The third-order valence-electron chi connectivity index (χ3n) is 2.52. The summed E-state index contributed by atoms with van der Waals surface area (Å²) in [6.07, 6.45) is 1.59. The molecule has 102 valence electrons. The van der Waals surface area contributed by atoms with Crippen LogP contribution >= 0.6 is 11.6 Å².